The van der Waals surface area contributed by atoms with Crippen LogP contribution >= 0.6 is 11.3 Å². The number of hydrogen-bond donors (Lipinski definition) is 2. The van der Waals surface area contributed by atoms with E-state index in [1.807, 2.05) is 13.8 Å². The fourth-order valence-electron chi connectivity index (χ4n) is 2.16. The highest BCUT2D eigenvalue weighted by molar-refractivity contribution is 7.89. The van der Waals surface area contributed by atoms with Gasteiger partial charge in [0.05, 0.1) is 11.0 Å². The van der Waals surface area contributed by atoms with Crippen molar-refractivity contribution in [2.45, 2.75) is 50.3 Å². The van der Waals surface area contributed by atoms with Crippen LogP contribution in [0.2, 0.25) is 0 Å². The summed E-state index contributed by atoms with van der Waals surface area (Å²) in [7, 11) is -3.39. The van der Waals surface area contributed by atoms with Crippen molar-refractivity contribution in [1.29, 1.82) is 0 Å². The Morgan fingerprint density at radius 2 is 2.15 bits per heavy atom. The summed E-state index contributed by atoms with van der Waals surface area (Å²) in [6.45, 7) is 6.25. The van der Waals surface area contributed by atoms with Crippen LogP contribution in [0.1, 0.15) is 31.6 Å². The monoisotopic (exact) mass is 318 g/mol. The Balaban J connectivity index is 1.89. The van der Waals surface area contributed by atoms with Gasteiger partial charge >= 0.3 is 0 Å². The second kappa shape index (κ2) is 7.00. The zero-order valence-corrected chi connectivity index (χ0v) is 13.5. The summed E-state index contributed by atoms with van der Waals surface area (Å²) in [6.07, 6.45) is 1.74. The zero-order chi connectivity index (χ0) is 14.6. The van der Waals surface area contributed by atoms with Crippen LogP contribution in [0.25, 0.3) is 0 Å². The SMILES string of the molecule is CCNCc1cc(S(=O)(=O)NC2CC(OCC)C2)cs1. The number of ether oxygens (including phenoxy) is 1. The fourth-order valence-corrected chi connectivity index (χ4v) is 4.67. The lowest BCUT2D eigenvalue weighted by Crippen LogP contribution is -2.47. The van der Waals surface area contributed by atoms with Crippen molar-refractivity contribution in [2.75, 3.05) is 13.2 Å². The molecular formula is C13H22N2O3S2. The van der Waals surface area contributed by atoms with Gasteiger partial charge in [0.1, 0.15) is 0 Å². The second-order valence-electron chi connectivity index (χ2n) is 4.90. The van der Waals surface area contributed by atoms with Gasteiger partial charge in [-0.15, -0.1) is 11.3 Å². The van der Waals surface area contributed by atoms with Gasteiger partial charge in [0.15, 0.2) is 0 Å². The Hall–Kier alpha value is -0.470. The van der Waals surface area contributed by atoms with Gasteiger partial charge in [-0.2, -0.15) is 0 Å². The molecule has 0 unspecified atom stereocenters. The van der Waals surface area contributed by atoms with Crippen molar-refractivity contribution in [3.05, 3.63) is 16.3 Å². The maximum atomic E-state index is 12.2. The smallest absolute Gasteiger partial charge is 0.241 e. The molecule has 114 valence electrons. The van der Waals surface area contributed by atoms with Crippen LogP contribution < -0.4 is 10.0 Å². The predicted molar refractivity (Wildman–Crippen MR) is 80.5 cm³/mol. The lowest BCUT2D eigenvalue weighted by molar-refractivity contribution is -0.00475. The highest BCUT2D eigenvalue weighted by Gasteiger charge is 2.33. The van der Waals surface area contributed by atoms with E-state index in [1.54, 1.807) is 11.4 Å². The van der Waals surface area contributed by atoms with Crippen molar-refractivity contribution in [3.63, 3.8) is 0 Å². The molecule has 7 heteroatoms. The predicted octanol–water partition coefficient (Wildman–Crippen LogP) is 1.70. The summed E-state index contributed by atoms with van der Waals surface area (Å²) in [6, 6.07) is 1.75. The molecule has 1 aliphatic carbocycles. The van der Waals surface area contributed by atoms with Crippen molar-refractivity contribution >= 4 is 21.4 Å². The van der Waals surface area contributed by atoms with E-state index in [0.29, 0.717) is 18.0 Å². The molecule has 1 aliphatic rings. The van der Waals surface area contributed by atoms with Crippen molar-refractivity contribution < 1.29 is 13.2 Å². The summed E-state index contributed by atoms with van der Waals surface area (Å²) in [5.41, 5.74) is 0. The number of hydrogen-bond acceptors (Lipinski definition) is 5. The van der Waals surface area contributed by atoms with Gasteiger partial charge in [-0.3, -0.25) is 0 Å². The molecule has 20 heavy (non-hydrogen) atoms. The van der Waals surface area contributed by atoms with Crippen molar-refractivity contribution in [3.8, 4) is 0 Å². The largest absolute Gasteiger partial charge is 0.378 e. The Labute approximate surface area is 124 Å². The number of nitrogens with one attached hydrogen (secondary N) is 2. The van der Waals surface area contributed by atoms with E-state index in [4.69, 9.17) is 4.74 Å². The average molecular weight is 318 g/mol. The van der Waals surface area contributed by atoms with Gasteiger partial charge in [0.25, 0.3) is 0 Å². The van der Waals surface area contributed by atoms with E-state index in [0.717, 1.165) is 24.3 Å². The molecule has 0 spiro atoms. The normalized spacial score (nSPS) is 22.7. The third-order valence-electron chi connectivity index (χ3n) is 3.31. The summed E-state index contributed by atoms with van der Waals surface area (Å²) in [4.78, 5) is 1.41. The van der Waals surface area contributed by atoms with Gasteiger partial charge in [0.2, 0.25) is 10.0 Å². The summed E-state index contributed by atoms with van der Waals surface area (Å²) in [5.74, 6) is 0. The first-order valence-electron chi connectivity index (χ1n) is 6.97. The molecule has 0 bridgehead atoms. The fraction of sp³-hybridized carbons (Fsp3) is 0.692. The van der Waals surface area contributed by atoms with Gasteiger partial charge in [-0.1, -0.05) is 6.92 Å². The van der Waals surface area contributed by atoms with Crippen LogP contribution in [-0.4, -0.2) is 33.7 Å². The van der Waals surface area contributed by atoms with Gasteiger partial charge in [-0.05, 0) is 32.4 Å². The van der Waals surface area contributed by atoms with E-state index in [2.05, 4.69) is 10.0 Å². The van der Waals surface area contributed by atoms with E-state index in [1.165, 1.54) is 11.3 Å². The Morgan fingerprint density at radius 1 is 1.40 bits per heavy atom. The minimum Gasteiger partial charge on any atom is -0.378 e. The summed E-state index contributed by atoms with van der Waals surface area (Å²) < 4.78 is 32.6. The molecule has 1 aromatic rings. The Bertz CT molecular complexity index is 521. The second-order valence-corrected chi connectivity index (χ2v) is 7.61. The molecule has 0 saturated heterocycles. The lowest BCUT2D eigenvalue weighted by atomic mass is 9.90. The van der Waals surface area contributed by atoms with Crippen LogP contribution in [-0.2, 0) is 21.3 Å². The minimum absolute atomic E-state index is 0.00802. The first-order valence-corrected chi connectivity index (χ1v) is 9.33. The molecule has 0 atom stereocenters. The topological polar surface area (TPSA) is 67.4 Å². The maximum Gasteiger partial charge on any atom is 0.241 e. The first kappa shape index (κ1) is 15.9. The molecule has 2 rings (SSSR count). The van der Waals surface area contributed by atoms with E-state index in [-0.39, 0.29) is 12.1 Å². The maximum absolute atomic E-state index is 12.2. The quantitative estimate of drug-likeness (QED) is 0.765. The molecule has 0 amide bonds. The first-order chi connectivity index (χ1) is 9.55. The van der Waals surface area contributed by atoms with E-state index < -0.39 is 10.0 Å². The molecule has 1 heterocycles. The van der Waals surface area contributed by atoms with Crippen LogP contribution in [0.3, 0.4) is 0 Å². The molecule has 0 aliphatic heterocycles. The minimum atomic E-state index is -3.39. The standard InChI is InChI=1S/C13H22N2O3S2/c1-3-14-8-12-7-13(9-19-12)20(16,17)15-10-5-11(6-10)18-4-2/h7,9-11,14-15H,3-6,8H2,1-2H3. The molecular weight excluding hydrogens is 296 g/mol. The molecule has 0 aromatic carbocycles. The Kier molecular flexibility index (Phi) is 5.57. The number of rotatable bonds is 8. The number of thiophene rings is 1. The van der Waals surface area contributed by atoms with Gasteiger partial charge < -0.3 is 10.1 Å². The molecule has 1 saturated carbocycles. The van der Waals surface area contributed by atoms with Crippen LogP contribution in [0.5, 0.6) is 0 Å². The summed E-state index contributed by atoms with van der Waals surface area (Å²) in [5, 5.41) is 4.89. The lowest BCUT2D eigenvalue weighted by Gasteiger charge is -2.34. The number of sulfonamides is 1. The van der Waals surface area contributed by atoms with Crippen molar-refractivity contribution in [1.82, 2.24) is 10.0 Å². The molecule has 2 N–H and O–H groups in total. The van der Waals surface area contributed by atoms with Crippen LogP contribution in [0.4, 0.5) is 0 Å². The highest BCUT2D eigenvalue weighted by atomic mass is 32.2. The van der Waals surface area contributed by atoms with Crippen molar-refractivity contribution in [2.24, 2.45) is 0 Å². The summed E-state index contributed by atoms with van der Waals surface area (Å²) >= 11 is 1.47. The van der Waals surface area contributed by atoms with Crippen LogP contribution in [0.15, 0.2) is 16.3 Å². The van der Waals surface area contributed by atoms with E-state index >= 15 is 0 Å². The third kappa shape index (κ3) is 4.02. The van der Waals surface area contributed by atoms with Crippen LogP contribution in [0, 0.1) is 0 Å². The molecule has 1 aromatic heterocycles. The van der Waals surface area contributed by atoms with Gasteiger partial charge in [-0.25, -0.2) is 13.1 Å². The molecule has 5 nitrogen and oxygen atoms in total. The Morgan fingerprint density at radius 3 is 2.80 bits per heavy atom. The average Bonchev–Trinajstić information content (AvgIpc) is 2.83. The third-order valence-corrected chi connectivity index (χ3v) is 5.89. The highest BCUT2D eigenvalue weighted by Crippen LogP contribution is 2.26. The molecule has 0 radical (unpaired) electrons. The zero-order valence-electron chi connectivity index (χ0n) is 11.9. The van der Waals surface area contributed by atoms with E-state index in [9.17, 15) is 8.42 Å². The van der Waals surface area contributed by atoms with Gasteiger partial charge in [0, 0.05) is 29.5 Å². The molecule has 1 fully saturated rings.